The van der Waals surface area contributed by atoms with Crippen LogP contribution in [0, 0.1) is 30.1 Å². The minimum absolute atomic E-state index is 0.0802. The minimum atomic E-state index is -0.771. The number of hydrogen-bond donors (Lipinski definition) is 3. The molecule has 0 aliphatic heterocycles. The van der Waals surface area contributed by atoms with Crippen LogP contribution in [0.25, 0.3) is 0 Å². The maximum atomic E-state index is 12.9. The number of hydrogen-bond acceptors (Lipinski definition) is 3. The molecule has 3 N–H and O–H groups in total. The van der Waals surface area contributed by atoms with E-state index in [9.17, 15) is 14.7 Å². The Balaban J connectivity index is 1.95. The lowest BCUT2D eigenvalue weighted by molar-refractivity contribution is -0.139. The smallest absolute Gasteiger partial charge is 0.323 e. The Morgan fingerprint density at radius 1 is 0.971 bits per heavy atom. The van der Waals surface area contributed by atoms with Crippen LogP contribution in [0.3, 0.4) is 0 Å². The molecule has 6 nitrogen and oxygen atoms in total. The number of carbonyl (C=O) groups excluding carboxylic acids is 1. The van der Waals surface area contributed by atoms with Gasteiger partial charge in [-0.15, -0.1) is 0 Å². The largest absolute Gasteiger partial charge is 0.481 e. The van der Waals surface area contributed by atoms with Crippen molar-refractivity contribution in [3.8, 4) is 0 Å². The summed E-state index contributed by atoms with van der Waals surface area (Å²) in [6.45, 7) is 16.4. The molecule has 2 amide bonds. The summed E-state index contributed by atoms with van der Waals surface area (Å²) in [6, 6.07) is 13.4. The molecule has 2 atom stereocenters. The zero-order valence-corrected chi connectivity index (χ0v) is 21.5. The average Bonchev–Trinajstić information content (AvgIpc) is 3.31. The highest BCUT2D eigenvalue weighted by Crippen LogP contribution is 2.64. The molecule has 1 aliphatic rings. The van der Waals surface area contributed by atoms with Gasteiger partial charge in [-0.1, -0.05) is 65.3 Å². The molecule has 184 valence electrons. The van der Waals surface area contributed by atoms with Gasteiger partial charge in [0.2, 0.25) is 0 Å². The van der Waals surface area contributed by atoms with Crippen molar-refractivity contribution >= 4 is 29.1 Å². The second kappa shape index (κ2) is 10.1. The topological polar surface area (TPSA) is 81.7 Å². The van der Waals surface area contributed by atoms with E-state index in [1.807, 2.05) is 63.2 Å². The van der Waals surface area contributed by atoms with Crippen LogP contribution in [-0.2, 0) is 4.79 Å². The Bertz CT molecular complexity index is 1020. The summed E-state index contributed by atoms with van der Waals surface area (Å²) in [5, 5.41) is 15.6. The number of carbonyl (C=O) groups is 2. The van der Waals surface area contributed by atoms with Crippen molar-refractivity contribution in [3.63, 3.8) is 0 Å². The number of aryl methyl sites for hydroxylation is 1. The first-order valence-electron chi connectivity index (χ1n) is 12.2. The van der Waals surface area contributed by atoms with Crippen molar-refractivity contribution in [2.24, 2.45) is 23.2 Å². The van der Waals surface area contributed by atoms with Crippen LogP contribution in [0.5, 0.6) is 0 Å². The van der Waals surface area contributed by atoms with E-state index in [1.165, 1.54) is 0 Å². The van der Waals surface area contributed by atoms with Crippen LogP contribution >= 0.6 is 0 Å². The van der Waals surface area contributed by atoms with Gasteiger partial charge in [-0.2, -0.15) is 0 Å². The van der Waals surface area contributed by atoms with Crippen molar-refractivity contribution < 1.29 is 14.7 Å². The van der Waals surface area contributed by atoms with E-state index in [4.69, 9.17) is 0 Å². The molecule has 0 bridgehead atoms. The van der Waals surface area contributed by atoms with E-state index < -0.39 is 11.9 Å². The van der Waals surface area contributed by atoms with E-state index >= 15 is 0 Å². The summed E-state index contributed by atoms with van der Waals surface area (Å²) in [4.78, 5) is 27.0. The number of carboxylic acids is 1. The van der Waals surface area contributed by atoms with Gasteiger partial charge in [0.05, 0.1) is 17.3 Å². The highest BCUT2D eigenvalue weighted by molar-refractivity contribution is 6.02. The average molecular weight is 466 g/mol. The summed E-state index contributed by atoms with van der Waals surface area (Å²) in [7, 11) is 0. The molecule has 2 aromatic carbocycles. The number of amides is 2. The third-order valence-corrected chi connectivity index (χ3v) is 6.54. The van der Waals surface area contributed by atoms with Gasteiger partial charge in [0.1, 0.15) is 0 Å². The van der Waals surface area contributed by atoms with Crippen LogP contribution in [0.1, 0.15) is 58.6 Å². The van der Waals surface area contributed by atoms with Gasteiger partial charge in [-0.3, -0.25) is 4.79 Å². The normalized spacial score (nSPS) is 18.6. The van der Waals surface area contributed by atoms with Crippen molar-refractivity contribution in [2.45, 2.75) is 54.4 Å². The highest BCUT2D eigenvalue weighted by atomic mass is 16.4. The van der Waals surface area contributed by atoms with Crippen LogP contribution in [0.15, 0.2) is 42.5 Å². The zero-order chi connectivity index (χ0) is 25.2. The van der Waals surface area contributed by atoms with E-state index in [0.717, 1.165) is 35.6 Å². The first kappa shape index (κ1) is 25.6. The number of aliphatic carboxylic acids is 1. The van der Waals surface area contributed by atoms with Crippen molar-refractivity contribution in [3.05, 3.63) is 53.6 Å². The van der Waals surface area contributed by atoms with Crippen molar-refractivity contribution in [1.29, 1.82) is 0 Å². The third-order valence-electron chi connectivity index (χ3n) is 6.54. The molecule has 0 spiro atoms. The maximum Gasteiger partial charge on any atom is 0.323 e. The molecule has 34 heavy (non-hydrogen) atoms. The molecular formula is C28H39N3O3. The summed E-state index contributed by atoms with van der Waals surface area (Å²) < 4.78 is 0. The molecule has 1 aliphatic carbocycles. The van der Waals surface area contributed by atoms with Gasteiger partial charge >= 0.3 is 12.0 Å². The fourth-order valence-corrected chi connectivity index (χ4v) is 4.92. The number of nitrogens with one attached hydrogen (secondary N) is 2. The molecule has 0 saturated heterocycles. The lowest BCUT2D eigenvalue weighted by Gasteiger charge is -2.31. The van der Waals surface area contributed by atoms with Gasteiger partial charge in [-0.25, -0.2) is 4.79 Å². The van der Waals surface area contributed by atoms with Crippen LogP contribution in [0.2, 0.25) is 0 Å². The summed E-state index contributed by atoms with van der Waals surface area (Å²) >= 11 is 0. The molecule has 6 heteroatoms. The lowest BCUT2D eigenvalue weighted by Crippen LogP contribution is -2.32. The molecule has 0 aromatic heterocycles. The number of carboxylic acid groups (broad SMARTS) is 1. The van der Waals surface area contributed by atoms with Crippen molar-refractivity contribution in [2.75, 3.05) is 28.6 Å². The van der Waals surface area contributed by atoms with Crippen LogP contribution < -0.4 is 15.5 Å². The van der Waals surface area contributed by atoms with Crippen LogP contribution in [0.4, 0.5) is 21.9 Å². The number of nitrogens with zero attached hydrogens (tertiary/aromatic N) is 1. The quantitative estimate of drug-likeness (QED) is 0.391. The van der Waals surface area contributed by atoms with Gasteiger partial charge < -0.3 is 20.6 Å². The highest BCUT2D eigenvalue weighted by Gasteiger charge is 2.62. The molecule has 3 rings (SSSR count). The second-order valence-electron chi connectivity index (χ2n) is 11.0. The molecule has 2 aromatic rings. The molecule has 1 saturated carbocycles. The summed E-state index contributed by atoms with van der Waals surface area (Å²) in [5.74, 6) is -0.372. The van der Waals surface area contributed by atoms with E-state index in [0.29, 0.717) is 17.5 Å². The monoisotopic (exact) mass is 465 g/mol. The number of rotatable bonds is 9. The van der Waals surface area contributed by atoms with Gasteiger partial charge in [0.25, 0.3) is 0 Å². The van der Waals surface area contributed by atoms with E-state index in [-0.39, 0.29) is 17.4 Å². The Morgan fingerprint density at radius 3 is 2.06 bits per heavy atom. The van der Waals surface area contributed by atoms with Gasteiger partial charge in [0.15, 0.2) is 0 Å². The third kappa shape index (κ3) is 5.91. The second-order valence-corrected chi connectivity index (χ2v) is 11.0. The fourth-order valence-electron chi connectivity index (χ4n) is 4.92. The van der Waals surface area contributed by atoms with E-state index in [1.54, 1.807) is 0 Å². The number of anilines is 3. The SMILES string of the molecule is Cc1ccc(NC(=O)Nc2cc([C@@H]3C(C(=O)O)C3(C)C)ccc2N(CC(C)C)CC(C)C)cc1. The predicted molar refractivity (Wildman–Crippen MR) is 140 cm³/mol. The number of urea groups is 1. The minimum Gasteiger partial charge on any atom is -0.481 e. The molecular weight excluding hydrogens is 426 g/mol. The molecule has 0 heterocycles. The van der Waals surface area contributed by atoms with Crippen LogP contribution in [-0.4, -0.2) is 30.2 Å². The molecule has 1 fully saturated rings. The maximum absolute atomic E-state index is 12.9. The Morgan fingerprint density at radius 2 is 1.56 bits per heavy atom. The number of benzene rings is 2. The summed E-state index contributed by atoms with van der Waals surface area (Å²) in [5.41, 5.74) is 4.13. The zero-order valence-electron chi connectivity index (χ0n) is 21.5. The first-order valence-corrected chi connectivity index (χ1v) is 12.2. The Hall–Kier alpha value is -3.02. The van der Waals surface area contributed by atoms with E-state index in [2.05, 4.69) is 43.2 Å². The van der Waals surface area contributed by atoms with Gasteiger partial charge in [0, 0.05) is 24.7 Å². The predicted octanol–water partition coefficient (Wildman–Crippen LogP) is 6.58. The summed E-state index contributed by atoms with van der Waals surface area (Å²) in [6.07, 6.45) is 0. The first-order chi connectivity index (χ1) is 15.9. The fraction of sp³-hybridized carbons (Fsp3) is 0.500. The van der Waals surface area contributed by atoms with Gasteiger partial charge in [-0.05, 0) is 54.0 Å². The Kier molecular flexibility index (Phi) is 7.59. The lowest BCUT2D eigenvalue weighted by atomic mass is 10.0. The van der Waals surface area contributed by atoms with Crippen molar-refractivity contribution in [1.82, 2.24) is 0 Å². The molecule has 0 radical (unpaired) electrons. The standard InChI is InChI=1S/C28H39N3O3/c1-17(2)15-31(16-18(3)4)23-13-10-20(24-25(26(32)33)28(24,6)7)14-22(23)30-27(34)29-21-11-8-19(5)9-12-21/h8-14,17-18,24-25H,15-16H2,1-7H3,(H,32,33)(H2,29,30,34)/t24-,25?/m1/s1. The Labute approximate surface area is 203 Å². The molecule has 1 unspecified atom stereocenters.